The fourth-order valence-electron chi connectivity index (χ4n) is 2.99. The van der Waals surface area contributed by atoms with Gasteiger partial charge in [0, 0.05) is 24.0 Å². The molecule has 0 amide bonds. The Kier molecular flexibility index (Phi) is 3.46. The lowest BCUT2D eigenvalue weighted by Crippen LogP contribution is -2.39. The number of hydrogen-bond acceptors (Lipinski definition) is 3. The summed E-state index contributed by atoms with van der Waals surface area (Å²) in [4.78, 5) is 2.35. The van der Waals surface area contributed by atoms with Crippen molar-refractivity contribution in [1.29, 1.82) is 0 Å². The van der Waals surface area contributed by atoms with Crippen molar-refractivity contribution in [1.82, 2.24) is 4.90 Å². The van der Waals surface area contributed by atoms with Crippen molar-refractivity contribution in [3.63, 3.8) is 0 Å². The molecule has 0 aromatic heterocycles. The van der Waals surface area contributed by atoms with Gasteiger partial charge < -0.3 is 9.84 Å². The smallest absolute Gasteiger partial charge is 0.123 e. The molecule has 1 N–H and O–H groups in total. The van der Waals surface area contributed by atoms with Gasteiger partial charge in [-0.05, 0) is 43.1 Å². The van der Waals surface area contributed by atoms with Crippen LogP contribution in [0.1, 0.15) is 18.4 Å². The molecule has 2 aliphatic rings. The lowest BCUT2D eigenvalue weighted by molar-refractivity contribution is 0.109. The first-order chi connectivity index (χ1) is 8.76. The van der Waals surface area contributed by atoms with E-state index in [0.29, 0.717) is 6.04 Å². The second-order valence-electron chi connectivity index (χ2n) is 5.17. The van der Waals surface area contributed by atoms with Gasteiger partial charge in [0.15, 0.2) is 0 Å². The number of nitrogens with zero attached hydrogens (tertiary/aromatic N) is 1. The lowest BCUT2D eigenvalue weighted by atomic mass is 10.1. The maximum atomic E-state index is 9.32. The molecular weight excluding hydrogens is 250 g/mol. The quantitative estimate of drug-likeness (QED) is 0.910. The predicted molar refractivity (Wildman–Crippen MR) is 71.3 cm³/mol. The second-order valence-corrected chi connectivity index (χ2v) is 5.61. The van der Waals surface area contributed by atoms with Crippen LogP contribution in [-0.2, 0) is 6.42 Å². The Bertz CT molecular complexity index is 438. The molecule has 2 aliphatic heterocycles. The predicted octanol–water partition coefficient (Wildman–Crippen LogP) is 2.10. The Balaban J connectivity index is 1.64. The van der Waals surface area contributed by atoms with Gasteiger partial charge in [-0.1, -0.05) is 11.6 Å². The molecule has 1 aromatic carbocycles. The number of rotatable bonds is 3. The highest BCUT2D eigenvalue weighted by Crippen LogP contribution is 2.32. The molecule has 0 aliphatic carbocycles. The van der Waals surface area contributed by atoms with Crippen LogP contribution in [0.15, 0.2) is 18.2 Å². The molecule has 0 spiro atoms. The van der Waals surface area contributed by atoms with Gasteiger partial charge in [0.1, 0.15) is 11.9 Å². The maximum absolute atomic E-state index is 9.32. The van der Waals surface area contributed by atoms with Crippen LogP contribution in [0.3, 0.4) is 0 Å². The topological polar surface area (TPSA) is 32.7 Å². The number of aliphatic hydroxyl groups excluding tert-OH is 1. The van der Waals surface area contributed by atoms with E-state index in [1.54, 1.807) is 0 Å². The van der Waals surface area contributed by atoms with Gasteiger partial charge >= 0.3 is 0 Å². The summed E-state index contributed by atoms with van der Waals surface area (Å²) >= 11 is 5.99. The van der Waals surface area contributed by atoms with E-state index in [9.17, 15) is 5.11 Å². The number of ether oxygens (including phenoxy) is 1. The molecule has 0 bridgehead atoms. The third-order valence-electron chi connectivity index (χ3n) is 3.91. The SMILES string of the molecule is OCC1CCCN1CC1Cc2cc(Cl)ccc2O1. The van der Waals surface area contributed by atoms with E-state index >= 15 is 0 Å². The summed E-state index contributed by atoms with van der Waals surface area (Å²) in [5, 5.41) is 10.1. The second kappa shape index (κ2) is 5.08. The molecule has 4 heteroatoms. The monoisotopic (exact) mass is 267 g/mol. The van der Waals surface area contributed by atoms with E-state index in [2.05, 4.69) is 4.90 Å². The molecule has 3 nitrogen and oxygen atoms in total. The van der Waals surface area contributed by atoms with E-state index in [0.717, 1.165) is 36.7 Å². The van der Waals surface area contributed by atoms with Crippen LogP contribution in [0.4, 0.5) is 0 Å². The largest absolute Gasteiger partial charge is 0.488 e. The van der Waals surface area contributed by atoms with Gasteiger partial charge in [-0.3, -0.25) is 4.90 Å². The molecule has 2 heterocycles. The summed E-state index contributed by atoms with van der Waals surface area (Å²) in [5.41, 5.74) is 1.20. The standard InChI is InChI=1S/C14H18ClNO2/c15-11-3-4-14-10(6-11)7-13(18-14)8-16-5-1-2-12(16)9-17/h3-4,6,12-13,17H,1-2,5,7-9H2. The van der Waals surface area contributed by atoms with Crippen molar-refractivity contribution in [2.45, 2.75) is 31.4 Å². The van der Waals surface area contributed by atoms with Crippen LogP contribution in [0.25, 0.3) is 0 Å². The highest BCUT2D eigenvalue weighted by molar-refractivity contribution is 6.30. The summed E-state index contributed by atoms with van der Waals surface area (Å²) in [5.74, 6) is 0.962. The van der Waals surface area contributed by atoms with Crippen molar-refractivity contribution < 1.29 is 9.84 Å². The van der Waals surface area contributed by atoms with Gasteiger partial charge in [0.2, 0.25) is 0 Å². The fraction of sp³-hybridized carbons (Fsp3) is 0.571. The van der Waals surface area contributed by atoms with Gasteiger partial charge in [-0.2, -0.15) is 0 Å². The Labute approximate surface area is 112 Å². The molecule has 0 saturated carbocycles. The van der Waals surface area contributed by atoms with Crippen LogP contribution in [-0.4, -0.2) is 41.8 Å². The van der Waals surface area contributed by atoms with Crippen LogP contribution >= 0.6 is 11.6 Å². The Morgan fingerprint density at radius 1 is 1.44 bits per heavy atom. The van der Waals surface area contributed by atoms with Crippen LogP contribution < -0.4 is 4.74 Å². The molecular formula is C14H18ClNO2. The summed E-state index contributed by atoms with van der Waals surface area (Å²) in [6, 6.07) is 6.13. The Morgan fingerprint density at radius 2 is 2.33 bits per heavy atom. The van der Waals surface area contributed by atoms with Crippen LogP contribution in [0, 0.1) is 0 Å². The van der Waals surface area contributed by atoms with Gasteiger partial charge in [0.25, 0.3) is 0 Å². The van der Waals surface area contributed by atoms with E-state index < -0.39 is 0 Å². The molecule has 0 radical (unpaired) electrons. The van der Waals surface area contributed by atoms with Crippen LogP contribution in [0.2, 0.25) is 5.02 Å². The number of likely N-dealkylation sites (tertiary alicyclic amines) is 1. The summed E-state index contributed by atoms with van der Waals surface area (Å²) in [7, 11) is 0. The normalized spacial score (nSPS) is 27.2. The molecule has 2 unspecified atom stereocenters. The van der Waals surface area contributed by atoms with Crippen molar-refractivity contribution in [3.8, 4) is 5.75 Å². The van der Waals surface area contributed by atoms with Crippen molar-refractivity contribution in [2.75, 3.05) is 19.7 Å². The van der Waals surface area contributed by atoms with E-state index in [4.69, 9.17) is 16.3 Å². The number of halogens is 1. The van der Waals surface area contributed by atoms with Crippen molar-refractivity contribution in [2.24, 2.45) is 0 Å². The van der Waals surface area contributed by atoms with Crippen LogP contribution in [0.5, 0.6) is 5.75 Å². The first-order valence-corrected chi connectivity index (χ1v) is 6.94. The van der Waals surface area contributed by atoms with E-state index in [-0.39, 0.29) is 12.7 Å². The third-order valence-corrected chi connectivity index (χ3v) is 4.15. The zero-order chi connectivity index (χ0) is 12.5. The summed E-state index contributed by atoms with van der Waals surface area (Å²) in [6.45, 7) is 2.23. The molecule has 2 atom stereocenters. The van der Waals surface area contributed by atoms with Gasteiger partial charge in [0.05, 0.1) is 6.61 Å². The highest BCUT2D eigenvalue weighted by Gasteiger charge is 2.30. The summed E-state index contributed by atoms with van der Waals surface area (Å²) in [6.07, 6.45) is 3.40. The Morgan fingerprint density at radius 3 is 3.17 bits per heavy atom. The first kappa shape index (κ1) is 12.3. The number of benzene rings is 1. The molecule has 98 valence electrons. The average molecular weight is 268 g/mol. The molecule has 1 saturated heterocycles. The molecule has 18 heavy (non-hydrogen) atoms. The summed E-state index contributed by atoms with van der Waals surface area (Å²) < 4.78 is 5.93. The zero-order valence-corrected chi connectivity index (χ0v) is 11.1. The molecule has 1 aromatic rings. The number of fused-ring (bicyclic) bond motifs is 1. The highest BCUT2D eigenvalue weighted by atomic mass is 35.5. The minimum absolute atomic E-state index is 0.200. The minimum Gasteiger partial charge on any atom is -0.488 e. The molecule has 3 rings (SSSR count). The average Bonchev–Trinajstić information content (AvgIpc) is 2.94. The lowest BCUT2D eigenvalue weighted by Gasteiger charge is -2.25. The van der Waals surface area contributed by atoms with E-state index in [1.807, 2.05) is 18.2 Å². The first-order valence-electron chi connectivity index (χ1n) is 6.56. The van der Waals surface area contributed by atoms with Gasteiger partial charge in [-0.15, -0.1) is 0 Å². The van der Waals surface area contributed by atoms with Crippen molar-refractivity contribution >= 4 is 11.6 Å². The van der Waals surface area contributed by atoms with Crippen molar-refractivity contribution in [3.05, 3.63) is 28.8 Å². The fourth-order valence-corrected chi connectivity index (χ4v) is 3.19. The number of hydrogen-bond donors (Lipinski definition) is 1. The van der Waals surface area contributed by atoms with E-state index in [1.165, 1.54) is 12.0 Å². The maximum Gasteiger partial charge on any atom is 0.123 e. The Hall–Kier alpha value is -0.770. The number of aliphatic hydroxyl groups is 1. The zero-order valence-electron chi connectivity index (χ0n) is 10.3. The van der Waals surface area contributed by atoms with Gasteiger partial charge in [-0.25, -0.2) is 0 Å². The minimum atomic E-state index is 0.200. The molecule has 1 fully saturated rings. The third kappa shape index (κ3) is 2.35.